The van der Waals surface area contributed by atoms with Gasteiger partial charge in [-0.25, -0.2) is 4.99 Å². The number of fused-ring (bicyclic) bond motifs is 2. The fourth-order valence-electron chi connectivity index (χ4n) is 5.33. The van der Waals surface area contributed by atoms with Crippen molar-refractivity contribution in [2.75, 3.05) is 32.8 Å². The fraction of sp³-hybridized carbons (Fsp3) is 0.667. The molecule has 2 fully saturated rings. The monoisotopic (exact) mass is 484 g/mol. The Bertz CT molecular complexity index is 897. The highest BCUT2D eigenvalue weighted by Gasteiger charge is 2.29. The normalized spacial score (nSPS) is 17.5. The van der Waals surface area contributed by atoms with E-state index in [-0.39, 0.29) is 18.4 Å². The molecular formula is C27H40N4O4. The van der Waals surface area contributed by atoms with Crippen LogP contribution in [-0.2, 0) is 16.1 Å². The van der Waals surface area contributed by atoms with Crippen LogP contribution in [0.15, 0.2) is 23.2 Å². The van der Waals surface area contributed by atoms with Crippen molar-refractivity contribution in [2.24, 2.45) is 10.9 Å². The van der Waals surface area contributed by atoms with Gasteiger partial charge in [0.25, 0.3) is 0 Å². The Labute approximate surface area is 208 Å². The van der Waals surface area contributed by atoms with E-state index in [1.54, 1.807) is 0 Å². The molecule has 8 nitrogen and oxygen atoms in total. The van der Waals surface area contributed by atoms with E-state index in [2.05, 4.69) is 10.3 Å². The first-order valence-corrected chi connectivity index (χ1v) is 13.4. The lowest BCUT2D eigenvalue weighted by Gasteiger charge is -2.24. The van der Waals surface area contributed by atoms with Crippen molar-refractivity contribution in [3.63, 3.8) is 0 Å². The second-order valence-corrected chi connectivity index (χ2v) is 10.0. The number of carbonyl (C=O) groups is 2. The molecule has 8 heteroatoms. The van der Waals surface area contributed by atoms with E-state index in [0.29, 0.717) is 38.6 Å². The molecule has 0 spiro atoms. The predicted molar refractivity (Wildman–Crippen MR) is 136 cm³/mol. The number of rotatable bonds is 13. The lowest BCUT2D eigenvalue weighted by molar-refractivity contribution is -0.132. The number of aliphatic imine (C=N–C) groups is 1. The molecule has 1 saturated carbocycles. The van der Waals surface area contributed by atoms with E-state index in [4.69, 9.17) is 4.74 Å². The van der Waals surface area contributed by atoms with E-state index in [0.717, 1.165) is 48.7 Å². The second-order valence-electron chi connectivity index (χ2n) is 10.0. The summed E-state index contributed by atoms with van der Waals surface area (Å²) in [6, 6.07) is 5.84. The minimum Gasteiger partial charge on any atom is -0.494 e. The number of nitrogens with one attached hydrogen (secondary N) is 1. The fourth-order valence-corrected chi connectivity index (χ4v) is 5.33. The molecule has 2 amide bonds. The lowest BCUT2D eigenvalue weighted by atomic mass is 9.86. The number of carbonyl (C=O) groups excluding carboxylic acids is 2. The van der Waals surface area contributed by atoms with Crippen LogP contribution < -0.4 is 10.1 Å². The van der Waals surface area contributed by atoms with Crippen LogP contribution in [0, 0.1) is 5.92 Å². The first-order chi connectivity index (χ1) is 17.1. The Hall–Kier alpha value is -2.61. The molecule has 2 aliphatic heterocycles. The maximum atomic E-state index is 12.7. The van der Waals surface area contributed by atoms with Crippen LogP contribution in [-0.4, -0.2) is 65.5 Å². The summed E-state index contributed by atoms with van der Waals surface area (Å²) in [4.78, 5) is 32.5. The molecule has 192 valence electrons. The van der Waals surface area contributed by atoms with E-state index in [1.807, 2.05) is 28.0 Å². The number of aliphatic hydroxyl groups excluding tert-OH is 1. The Morgan fingerprint density at radius 1 is 1.11 bits per heavy atom. The SMILES string of the molecule is O=C1CN2Cc3ccc(OCCCCC(=O)N(CCO)CCCCC4CCCCC4)cc3N=C2N1. The molecule has 0 atom stereocenters. The standard InChI is InChI=1S/C27H40N4O4/c32-16-15-30(14-6-4-10-21-8-2-1-3-9-21)26(34)11-5-7-17-35-23-13-12-22-19-31-20-25(33)29-27(31)28-24(22)18-23/h12-13,18,21,32H,1-11,14-17,19-20H2,(H,28,29,33). The minimum atomic E-state index is -0.0282. The van der Waals surface area contributed by atoms with Gasteiger partial charge in [-0.1, -0.05) is 51.0 Å². The predicted octanol–water partition coefficient (Wildman–Crippen LogP) is 3.74. The second kappa shape index (κ2) is 12.9. The van der Waals surface area contributed by atoms with Crippen LogP contribution in [0.5, 0.6) is 5.75 Å². The van der Waals surface area contributed by atoms with Crippen molar-refractivity contribution in [1.29, 1.82) is 0 Å². The zero-order valence-electron chi connectivity index (χ0n) is 20.8. The summed E-state index contributed by atoms with van der Waals surface area (Å²) in [5.74, 6) is 2.34. The van der Waals surface area contributed by atoms with Crippen LogP contribution >= 0.6 is 0 Å². The smallest absolute Gasteiger partial charge is 0.246 e. The first-order valence-electron chi connectivity index (χ1n) is 13.4. The van der Waals surface area contributed by atoms with E-state index in [1.165, 1.54) is 44.9 Å². The van der Waals surface area contributed by atoms with Crippen molar-refractivity contribution in [2.45, 2.75) is 77.2 Å². The van der Waals surface area contributed by atoms with Gasteiger partial charge in [0.2, 0.25) is 17.8 Å². The molecular weight excluding hydrogens is 444 g/mol. The van der Waals surface area contributed by atoms with Crippen molar-refractivity contribution < 1.29 is 19.4 Å². The minimum absolute atomic E-state index is 0.0153. The molecule has 2 N–H and O–H groups in total. The summed E-state index contributed by atoms with van der Waals surface area (Å²) in [5, 5.41) is 12.2. The topological polar surface area (TPSA) is 94.5 Å². The highest BCUT2D eigenvalue weighted by atomic mass is 16.5. The van der Waals surface area contributed by atoms with Gasteiger partial charge in [0.05, 0.1) is 18.9 Å². The molecule has 1 aromatic carbocycles. The molecule has 1 aromatic rings. The van der Waals surface area contributed by atoms with E-state index in [9.17, 15) is 14.7 Å². The molecule has 2 heterocycles. The van der Waals surface area contributed by atoms with Crippen molar-refractivity contribution in [3.8, 4) is 5.75 Å². The summed E-state index contributed by atoms with van der Waals surface area (Å²) < 4.78 is 5.90. The van der Waals surface area contributed by atoms with Crippen LogP contribution in [0.1, 0.15) is 76.2 Å². The van der Waals surface area contributed by atoms with Gasteiger partial charge in [-0.15, -0.1) is 0 Å². The largest absolute Gasteiger partial charge is 0.494 e. The maximum Gasteiger partial charge on any atom is 0.246 e. The summed E-state index contributed by atoms with van der Waals surface area (Å²) >= 11 is 0. The van der Waals surface area contributed by atoms with Crippen molar-refractivity contribution in [3.05, 3.63) is 23.8 Å². The zero-order chi connectivity index (χ0) is 24.5. The Morgan fingerprint density at radius 2 is 1.97 bits per heavy atom. The number of hydrogen-bond acceptors (Lipinski definition) is 6. The number of unbranched alkanes of at least 4 members (excludes halogenated alkanes) is 2. The molecule has 1 aliphatic carbocycles. The van der Waals surface area contributed by atoms with Crippen LogP contribution in [0.4, 0.5) is 5.69 Å². The van der Waals surface area contributed by atoms with Crippen molar-refractivity contribution in [1.82, 2.24) is 15.1 Å². The molecule has 35 heavy (non-hydrogen) atoms. The lowest BCUT2D eigenvalue weighted by Crippen LogP contribution is -2.34. The summed E-state index contributed by atoms with van der Waals surface area (Å²) in [5.41, 5.74) is 1.90. The van der Waals surface area contributed by atoms with Gasteiger partial charge in [-0.05, 0) is 36.8 Å². The molecule has 0 aromatic heterocycles. The van der Waals surface area contributed by atoms with E-state index >= 15 is 0 Å². The first kappa shape index (κ1) is 25.5. The van der Waals surface area contributed by atoms with Crippen LogP contribution in [0.3, 0.4) is 0 Å². The summed E-state index contributed by atoms with van der Waals surface area (Å²) in [6.07, 6.45) is 12.4. The number of nitrogens with zero attached hydrogens (tertiary/aromatic N) is 3. The third kappa shape index (κ3) is 7.43. The van der Waals surface area contributed by atoms with Gasteiger partial charge in [0, 0.05) is 32.1 Å². The quantitative estimate of drug-likeness (QED) is 0.416. The molecule has 0 unspecified atom stereocenters. The van der Waals surface area contributed by atoms with Gasteiger partial charge in [-0.2, -0.15) is 0 Å². The molecule has 1 saturated heterocycles. The zero-order valence-corrected chi connectivity index (χ0v) is 20.8. The third-order valence-corrected chi connectivity index (χ3v) is 7.32. The number of benzene rings is 1. The van der Waals surface area contributed by atoms with Gasteiger partial charge < -0.3 is 19.6 Å². The highest BCUT2D eigenvalue weighted by molar-refractivity contribution is 6.05. The summed E-state index contributed by atoms with van der Waals surface area (Å²) in [7, 11) is 0. The van der Waals surface area contributed by atoms with Gasteiger partial charge in [-0.3, -0.25) is 14.9 Å². The molecule has 0 bridgehead atoms. The average molecular weight is 485 g/mol. The maximum absolute atomic E-state index is 12.7. The van der Waals surface area contributed by atoms with E-state index < -0.39 is 0 Å². The highest BCUT2D eigenvalue weighted by Crippen LogP contribution is 2.31. The Balaban J connectivity index is 1.13. The van der Waals surface area contributed by atoms with Gasteiger partial charge >= 0.3 is 0 Å². The average Bonchev–Trinajstić information content (AvgIpc) is 3.23. The van der Waals surface area contributed by atoms with Gasteiger partial charge in [0.1, 0.15) is 12.3 Å². The van der Waals surface area contributed by atoms with Gasteiger partial charge in [0.15, 0.2) is 0 Å². The Morgan fingerprint density at radius 3 is 2.80 bits per heavy atom. The summed E-state index contributed by atoms with van der Waals surface area (Å²) in [6.45, 7) is 2.74. The number of ether oxygens (including phenoxy) is 1. The van der Waals surface area contributed by atoms with Crippen molar-refractivity contribution >= 4 is 23.5 Å². The molecule has 4 rings (SSSR count). The van der Waals surface area contributed by atoms with Crippen LogP contribution in [0.25, 0.3) is 0 Å². The number of hydrogen-bond donors (Lipinski definition) is 2. The molecule has 0 radical (unpaired) electrons. The van der Waals surface area contributed by atoms with Crippen LogP contribution in [0.2, 0.25) is 0 Å². The number of aliphatic hydroxyl groups is 1. The third-order valence-electron chi connectivity index (χ3n) is 7.32. The Kier molecular flexibility index (Phi) is 9.40. The number of guanidine groups is 1. The molecule has 3 aliphatic rings. The number of amides is 2.